The molecular formula is C12H12ClN5O3S. The minimum Gasteiger partial charge on any atom is -0.348 e. The van der Waals surface area contributed by atoms with Gasteiger partial charge in [0, 0.05) is 11.1 Å². The molecule has 8 nitrogen and oxygen atoms in total. The number of nitrogens with zero attached hydrogens (tertiary/aromatic N) is 4. The first-order chi connectivity index (χ1) is 10.4. The summed E-state index contributed by atoms with van der Waals surface area (Å²) in [6.07, 6.45) is 1.77. The van der Waals surface area contributed by atoms with Crippen LogP contribution in [-0.2, 0) is 9.84 Å². The maximum absolute atomic E-state index is 12.4. The van der Waals surface area contributed by atoms with Crippen LogP contribution in [0.4, 0.5) is 0 Å². The highest BCUT2D eigenvalue weighted by Crippen LogP contribution is 2.20. The molecule has 10 heteroatoms. The molecule has 1 aliphatic heterocycles. The van der Waals surface area contributed by atoms with Gasteiger partial charge in [0.1, 0.15) is 6.33 Å². The van der Waals surface area contributed by atoms with Crippen molar-refractivity contribution < 1.29 is 13.2 Å². The fourth-order valence-electron chi connectivity index (χ4n) is 2.33. The van der Waals surface area contributed by atoms with E-state index >= 15 is 0 Å². The molecule has 1 aliphatic rings. The van der Waals surface area contributed by atoms with E-state index in [4.69, 9.17) is 11.6 Å². The van der Waals surface area contributed by atoms with Crippen LogP contribution < -0.4 is 5.32 Å². The summed E-state index contributed by atoms with van der Waals surface area (Å²) in [5.74, 6) is -0.324. The number of benzene rings is 1. The number of hydrogen-bond acceptors (Lipinski definition) is 6. The molecule has 2 aromatic rings. The van der Waals surface area contributed by atoms with E-state index in [0.29, 0.717) is 22.7 Å². The monoisotopic (exact) mass is 341 g/mol. The highest BCUT2D eigenvalue weighted by atomic mass is 35.5. The average molecular weight is 342 g/mol. The largest absolute Gasteiger partial charge is 0.348 e. The predicted octanol–water partition coefficient (Wildman–Crippen LogP) is 0.233. The van der Waals surface area contributed by atoms with Gasteiger partial charge in [0.15, 0.2) is 9.84 Å². The molecule has 116 valence electrons. The molecule has 1 aromatic carbocycles. The molecule has 0 saturated carbocycles. The fraction of sp³-hybridized carbons (Fsp3) is 0.333. The van der Waals surface area contributed by atoms with Crippen LogP contribution in [0.25, 0.3) is 5.69 Å². The van der Waals surface area contributed by atoms with Gasteiger partial charge in [-0.2, -0.15) is 4.68 Å². The van der Waals surface area contributed by atoms with E-state index in [0.717, 1.165) is 0 Å². The SMILES string of the molecule is O=C(N[C@H]1CCS(=O)(=O)C1)c1ccc(Cl)cc1-n1cnnn1. The average Bonchev–Trinajstić information content (AvgIpc) is 3.08. The molecule has 1 atom stereocenters. The Morgan fingerprint density at radius 3 is 2.86 bits per heavy atom. The lowest BCUT2D eigenvalue weighted by Gasteiger charge is -2.13. The van der Waals surface area contributed by atoms with Crippen molar-refractivity contribution in [3.8, 4) is 5.69 Å². The van der Waals surface area contributed by atoms with Crippen molar-refractivity contribution in [2.24, 2.45) is 0 Å². The zero-order valence-corrected chi connectivity index (χ0v) is 12.9. The van der Waals surface area contributed by atoms with Gasteiger partial charge >= 0.3 is 0 Å². The van der Waals surface area contributed by atoms with Gasteiger partial charge < -0.3 is 5.32 Å². The Hall–Kier alpha value is -2.00. The second kappa shape index (κ2) is 5.65. The molecule has 0 spiro atoms. The summed E-state index contributed by atoms with van der Waals surface area (Å²) in [7, 11) is -3.06. The fourth-order valence-corrected chi connectivity index (χ4v) is 4.17. The zero-order chi connectivity index (χ0) is 15.7. The van der Waals surface area contributed by atoms with E-state index in [2.05, 4.69) is 20.8 Å². The lowest BCUT2D eigenvalue weighted by Crippen LogP contribution is -2.36. The number of nitrogens with one attached hydrogen (secondary N) is 1. The Morgan fingerprint density at radius 1 is 1.41 bits per heavy atom. The summed E-state index contributed by atoms with van der Waals surface area (Å²) in [5.41, 5.74) is 0.747. The Bertz CT molecular complexity index is 806. The van der Waals surface area contributed by atoms with Crippen LogP contribution in [0.1, 0.15) is 16.8 Å². The number of amides is 1. The van der Waals surface area contributed by atoms with Gasteiger partial charge in [-0.25, -0.2) is 8.42 Å². The van der Waals surface area contributed by atoms with Crippen LogP contribution in [-0.4, -0.2) is 52.1 Å². The van der Waals surface area contributed by atoms with Gasteiger partial charge in [-0.3, -0.25) is 4.79 Å². The quantitative estimate of drug-likeness (QED) is 0.856. The van der Waals surface area contributed by atoms with Gasteiger partial charge in [0.2, 0.25) is 0 Å². The van der Waals surface area contributed by atoms with Crippen molar-refractivity contribution in [3.05, 3.63) is 35.1 Å². The third kappa shape index (κ3) is 3.09. The molecule has 2 heterocycles. The highest BCUT2D eigenvalue weighted by Gasteiger charge is 2.29. The molecule has 1 fully saturated rings. The van der Waals surface area contributed by atoms with Crippen molar-refractivity contribution in [3.63, 3.8) is 0 Å². The summed E-state index contributed by atoms with van der Waals surface area (Å²) >= 11 is 5.95. The van der Waals surface area contributed by atoms with Gasteiger partial charge in [0.25, 0.3) is 5.91 Å². The second-order valence-electron chi connectivity index (χ2n) is 4.99. The molecule has 1 N–H and O–H groups in total. The number of carbonyl (C=O) groups is 1. The number of sulfone groups is 1. The summed E-state index contributed by atoms with van der Waals surface area (Å²) < 4.78 is 24.2. The zero-order valence-electron chi connectivity index (χ0n) is 11.3. The second-order valence-corrected chi connectivity index (χ2v) is 7.65. The standard InChI is InChI=1S/C12H12ClN5O3S/c13-8-1-2-10(11(5-8)18-7-14-16-17-18)12(19)15-9-3-4-22(20,21)6-9/h1-2,5,7,9H,3-4,6H2,(H,15,19)/t9-/m0/s1. The first-order valence-corrected chi connectivity index (χ1v) is 8.69. The Labute approximate surface area is 131 Å². The molecule has 3 rings (SSSR count). The molecule has 0 radical (unpaired) electrons. The summed E-state index contributed by atoms with van der Waals surface area (Å²) in [6.45, 7) is 0. The maximum Gasteiger partial charge on any atom is 0.253 e. The summed E-state index contributed by atoms with van der Waals surface area (Å²) in [5, 5.41) is 14.0. The van der Waals surface area contributed by atoms with Crippen LogP contribution in [0.3, 0.4) is 0 Å². The third-order valence-corrected chi connectivity index (χ3v) is 5.37. The third-order valence-electron chi connectivity index (χ3n) is 3.37. The lowest BCUT2D eigenvalue weighted by molar-refractivity contribution is 0.0941. The molecule has 0 unspecified atom stereocenters. The van der Waals surface area contributed by atoms with Gasteiger partial charge in [-0.15, -0.1) is 5.10 Å². The Balaban J connectivity index is 1.87. The van der Waals surface area contributed by atoms with Crippen molar-refractivity contribution in [1.29, 1.82) is 0 Å². The van der Waals surface area contributed by atoms with Crippen molar-refractivity contribution in [2.45, 2.75) is 12.5 Å². The van der Waals surface area contributed by atoms with Crippen LogP contribution in [0.2, 0.25) is 5.02 Å². The number of hydrogen-bond donors (Lipinski definition) is 1. The first kappa shape index (κ1) is 14.9. The smallest absolute Gasteiger partial charge is 0.253 e. The molecular weight excluding hydrogens is 330 g/mol. The number of rotatable bonds is 3. The van der Waals surface area contributed by atoms with Crippen molar-refractivity contribution >= 4 is 27.3 Å². The minimum absolute atomic E-state index is 0.0352. The van der Waals surface area contributed by atoms with E-state index in [1.807, 2.05) is 0 Å². The molecule has 0 aliphatic carbocycles. The van der Waals surface area contributed by atoms with E-state index < -0.39 is 9.84 Å². The Kier molecular flexibility index (Phi) is 3.83. The predicted molar refractivity (Wildman–Crippen MR) is 78.7 cm³/mol. The van der Waals surface area contributed by atoms with Crippen molar-refractivity contribution in [1.82, 2.24) is 25.5 Å². The number of tetrazole rings is 1. The minimum atomic E-state index is -3.06. The molecule has 1 amide bonds. The highest BCUT2D eigenvalue weighted by molar-refractivity contribution is 7.91. The van der Waals surface area contributed by atoms with E-state index in [1.165, 1.54) is 11.0 Å². The van der Waals surface area contributed by atoms with E-state index in [9.17, 15) is 13.2 Å². The summed E-state index contributed by atoms with van der Waals surface area (Å²) in [6, 6.07) is 4.32. The van der Waals surface area contributed by atoms with Gasteiger partial charge in [0.05, 0.1) is 22.8 Å². The van der Waals surface area contributed by atoms with Crippen LogP contribution >= 0.6 is 11.6 Å². The molecule has 1 saturated heterocycles. The molecule has 0 bridgehead atoms. The number of halogens is 1. The Morgan fingerprint density at radius 2 is 2.23 bits per heavy atom. The lowest BCUT2D eigenvalue weighted by atomic mass is 10.1. The van der Waals surface area contributed by atoms with Crippen LogP contribution in [0, 0.1) is 0 Å². The maximum atomic E-state index is 12.4. The normalized spacial score (nSPS) is 20.0. The number of carbonyl (C=O) groups excluding carboxylic acids is 1. The van der Waals surface area contributed by atoms with Crippen LogP contribution in [0.5, 0.6) is 0 Å². The topological polar surface area (TPSA) is 107 Å². The number of aromatic nitrogens is 4. The van der Waals surface area contributed by atoms with E-state index in [1.54, 1.807) is 18.2 Å². The van der Waals surface area contributed by atoms with Crippen molar-refractivity contribution in [2.75, 3.05) is 11.5 Å². The van der Waals surface area contributed by atoms with Gasteiger partial charge in [-0.1, -0.05) is 11.6 Å². The molecule has 22 heavy (non-hydrogen) atoms. The van der Waals surface area contributed by atoms with Crippen LogP contribution in [0.15, 0.2) is 24.5 Å². The molecule has 1 aromatic heterocycles. The van der Waals surface area contributed by atoms with Gasteiger partial charge in [-0.05, 0) is 35.0 Å². The summed E-state index contributed by atoms with van der Waals surface area (Å²) in [4.78, 5) is 12.4. The van der Waals surface area contributed by atoms with E-state index in [-0.39, 0.29) is 23.5 Å². The first-order valence-electron chi connectivity index (χ1n) is 6.49.